The highest BCUT2D eigenvalue weighted by Gasteiger charge is 2.20. The Morgan fingerprint density at radius 3 is 2.14 bits per heavy atom. The van der Waals surface area contributed by atoms with Crippen LogP contribution in [0.2, 0.25) is 0 Å². The molecule has 21 heavy (non-hydrogen) atoms. The molecule has 0 saturated carbocycles. The van der Waals surface area contributed by atoms with E-state index in [1.165, 1.54) is 38.5 Å². The van der Waals surface area contributed by atoms with Crippen LogP contribution in [0.1, 0.15) is 71.1 Å². The van der Waals surface area contributed by atoms with Crippen molar-refractivity contribution in [3.05, 3.63) is 0 Å². The Balaban J connectivity index is 3.80. The van der Waals surface area contributed by atoms with Gasteiger partial charge in [0.1, 0.15) is 0 Å². The van der Waals surface area contributed by atoms with Crippen LogP contribution in [0.5, 0.6) is 0 Å². The van der Waals surface area contributed by atoms with Crippen LogP contribution in [0.4, 0.5) is 0 Å². The van der Waals surface area contributed by atoms with E-state index >= 15 is 0 Å². The van der Waals surface area contributed by atoms with Crippen LogP contribution in [0.25, 0.3) is 0 Å². The van der Waals surface area contributed by atoms with Gasteiger partial charge in [-0.05, 0) is 6.42 Å². The Morgan fingerprint density at radius 2 is 1.62 bits per heavy atom. The van der Waals surface area contributed by atoms with Gasteiger partial charge >= 0.3 is 5.97 Å². The second kappa shape index (κ2) is 14.2. The van der Waals surface area contributed by atoms with E-state index in [-0.39, 0.29) is 12.3 Å². The molecule has 1 atom stereocenters. The number of carbonyl (C=O) groups excluding carboxylic acids is 1. The van der Waals surface area contributed by atoms with Crippen LogP contribution in [0, 0.1) is 5.92 Å². The number of carboxylic acid groups (broad SMARTS) is 1. The molecule has 4 nitrogen and oxygen atoms in total. The molecule has 0 bridgehead atoms. The maximum absolute atomic E-state index is 11.9. The minimum atomic E-state index is -0.902. The van der Waals surface area contributed by atoms with Gasteiger partial charge in [-0.3, -0.25) is 9.59 Å². The topological polar surface area (TPSA) is 66.4 Å². The van der Waals surface area contributed by atoms with Gasteiger partial charge in [-0.2, -0.15) is 12.6 Å². The van der Waals surface area contributed by atoms with Gasteiger partial charge in [-0.25, -0.2) is 0 Å². The molecule has 0 saturated heterocycles. The largest absolute Gasteiger partial charge is 0.481 e. The molecule has 0 fully saturated rings. The van der Waals surface area contributed by atoms with E-state index < -0.39 is 11.9 Å². The quantitative estimate of drug-likeness (QED) is 0.338. The number of carboxylic acids is 1. The molecular formula is C16H31NO3S. The van der Waals surface area contributed by atoms with Gasteiger partial charge in [-0.1, -0.05) is 58.3 Å². The van der Waals surface area contributed by atoms with Gasteiger partial charge in [0.15, 0.2) is 0 Å². The summed E-state index contributed by atoms with van der Waals surface area (Å²) >= 11 is 4.04. The maximum atomic E-state index is 11.9. The van der Waals surface area contributed by atoms with E-state index in [0.717, 1.165) is 12.8 Å². The second-order valence-electron chi connectivity index (χ2n) is 5.57. The Bertz CT molecular complexity index is 285. The van der Waals surface area contributed by atoms with E-state index in [0.29, 0.717) is 18.7 Å². The molecule has 124 valence electrons. The van der Waals surface area contributed by atoms with Gasteiger partial charge < -0.3 is 10.4 Å². The fourth-order valence-electron chi connectivity index (χ4n) is 2.38. The van der Waals surface area contributed by atoms with Crippen LogP contribution >= 0.6 is 12.6 Å². The first-order chi connectivity index (χ1) is 10.1. The fourth-order valence-corrected chi connectivity index (χ4v) is 2.50. The van der Waals surface area contributed by atoms with Gasteiger partial charge in [0, 0.05) is 18.2 Å². The normalized spacial score (nSPS) is 12.1. The first kappa shape index (κ1) is 20.3. The number of nitrogens with one attached hydrogen (secondary N) is 1. The Hall–Kier alpha value is -0.710. The number of carbonyl (C=O) groups is 2. The lowest BCUT2D eigenvalue weighted by atomic mass is 9.96. The zero-order valence-corrected chi connectivity index (χ0v) is 14.2. The van der Waals surface area contributed by atoms with Gasteiger partial charge in [0.2, 0.25) is 5.91 Å². The molecule has 1 unspecified atom stereocenters. The lowest BCUT2D eigenvalue weighted by Crippen LogP contribution is -2.33. The van der Waals surface area contributed by atoms with Crippen molar-refractivity contribution in [3.63, 3.8) is 0 Å². The van der Waals surface area contributed by atoms with Crippen molar-refractivity contribution in [1.82, 2.24) is 5.32 Å². The molecular weight excluding hydrogens is 286 g/mol. The maximum Gasteiger partial charge on any atom is 0.304 e. The number of rotatable bonds is 14. The molecule has 0 aliphatic rings. The number of aliphatic carboxylic acids is 1. The van der Waals surface area contributed by atoms with Crippen molar-refractivity contribution in [2.75, 3.05) is 12.3 Å². The van der Waals surface area contributed by atoms with Crippen molar-refractivity contribution in [1.29, 1.82) is 0 Å². The summed E-state index contributed by atoms with van der Waals surface area (Å²) in [6.45, 7) is 2.71. The number of hydrogen-bond acceptors (Lipinski definition) is 3. The molecule has 2 N–H and O–H groups in total. The molecule has 0 heterocycles. The molecule has 0 aliphatic carbocycles. The monoisotopic (exact) mass is 317 g/mol. The minimum absolute atomic E-state index is 0.0745. The third kappa shape index (κ3) is 12.7. The SMILES string of the molecule is CCCCCCCCCCC(CC(=O)O)C(=O)NCCS. The summed E-state index contributed by atoms with van der Waals surface area (Å²) < 4.78 is 0. The molecule has 0 radical (unpaired) electrons. The van der Waals surface area contributed by atoms with Crippen LogP contribution in [0.15, 0.2) is 0 Å². The van der Waals surface area contributed by atoms with Crippen LogP contribution in [-0.4, -0.2) is 29.3 Å². The summed E-state index contributed by atoms with van der Waals surface area (Å²) in [5.41, 5.74) is 0. The Morgan fingerprint density at radius 1 is 1.05 bits per heavy atom. The van der Waals surface area contributed by atoms with Crippen molar-refractivity contribution in [3.8, 4) is 0 Å². The number of unbranched alkanes of at least 4 members (excludes halogenated alkanes) is 7. The van der Waals surface area contributed by atoms with Gasteiger partial charge in [0.05, 0.1) is 6.42 Å². The van der Waals surface area contributed by atoms with Crippen molar-refractivity contribution < 1.29 is 14.7 Å². The average Bonchev–Trinajstić information content (AvgIpc) is 2.45. The number of thiol groups is 1. The first-order valence-electron chi connectivity index (χ1n) is 8.22. The van der Waals surface area contributed by atoms with Crippen molar-refractivity contribution in [2.45, 2.75) is 71.1 Å². The highest BCUT2D eigenvalue weighted by atomic mass is 32.1. The first-order valence-corrected chi connectivity index (χ1v) is 8.85. The van der Waals surface area contributed by atoms with Crippen LogP contribution < -0.4 is 5.32 Å². The van der Waals surface area contributed by atoms with Gasteiger partial charge in [0.25, 0.3) is 0 Å². The third-order valence-corrected chi connectivity index (χ3v) is 3.83. The standard InChI is InChI=1S/C16H31NO3S/c1-2-3-4-5-6-7-8-9-10-14(13-15(18)19)16(20)17-11-12-21/h14,21H,2-13H2,1H3,(H,17,20)(H,18,19). The summed E-state index contributed by atoms with van der Waals surface area (Å²) in [5, 5.41) is 11.6. The van der Waals surface area contributed by atoms with E-state index in [4.69, 9.17) is 5.11 Å². The molecule has 0 aliphatic heterocycles. The lowest BCUT2D eigenvalue weighted by Gasteiger charge is -2.14. The van der Waals surface area contributed by atoms with E-state index in [2.05, 4.69) is 24.9 Å². The minimum Gasteiger partial charge on any atom is -0.481 e. The summed E-state index contributed by atoms with van der Waals surface area (Å²) in [6, 6.07) is 0. The second-order valence-corrected chi connectivity index (χ2v) is 6.02. The molecule has 5 heteroatoms. The zero-order chi connectivity index (χ0) is 15.9. The van der Waals surface area contributed by atoms with Crippen LogP contribution in [-0.2, 0) is 9.59 Å². The predicted octanol–water partition coefficient (Wildman–Crippen LogP) is 3.65. The van der Waals surface area contributed by atoms with Crippen molar-refractivity contribution >= 4 is 24.5 Å². The molecule has 0 aromatic rings. The lowest BCUT2D eigenvalue weighted by molar-refractivity contribution is -0.141. The molecule has 1 amide bonds. The predicted molar refractivity (Wildman–Crippen MR) is 89.8 cm³/mol. The highest BCUT2D eigenvalue weighted by molar-refractivity contribution is 7.80. The highest BCUT2D eigenvalue weighted by Crippen LogP contribution is 2.16. The Labute approximate surface area is 134 Å². The van der Waals surface area contributed by atoms with E-state index in [1.54, 1.807) is 0 Å². The number of amides is 1. The summed E-state index contributed by atoms with van der Waals surface area (Å²) in [5.74, 6) is -0.874. The van der Waals surface area contributed by atoms with Gasteiger partial charge in [-0.15, -0.1) is 0 Å². The summed E-state index contributed by atoms with van der Waals surface area (Å²) in [4.78, 5) is 22.7. The summed E-state index contributed by atoms with van der Waals surface area (Å²) in [6.07, 6.45) is 10.2. The number of hydrogen-bond donors (Lipinski definition) is 3. The summed E-state index contributed by atoms with van der Waals surface area (Å²) in [7, 11) is 0. The molecule has 0 aromatic heterocycles. The van der Waals surface area contributed by atoms with Crippen LogP contribution in [0.3, 0.4) is 0 Å². The average molecular weight is 317 g/mol. The van der Waals surface area contributed by atoms with E-state index in [1.807, 2.05) is 0 Å². The Kier molecular flexibility index (Phi) is 13.8. The third-order valence-electron chi connectivity index (χ3n) is 3.61. The molecule has 0 rings (SSSR count). The molecule has 0 spiro atoms. The van der Waals surface area contributed by atoms with E-state index in [9.17, 15) is 9.59 Å². The van der Waals surface area contributed by atoms with Crippen molar-refractivity contribution in [2.24, 2.45) is 5.92 Å². The smallest absolute Gasteiger partial charge is 0.304 e. The fraction of sp³-hybridized carbons (Fsp3) is 0.875. The zero-order valence-electron chi connectivity index (χ0n) is 13.3. The molecule has 0 aromatic carbocycles.